The van der Waals surface area contributed by atoms with Crippen molar-refractivity contribution in [3.05, 3.63) is 29.8 Å². The number of unbranched alkanes of at least 4 members (excludes halogenated alkanes) is 2. The number of nitrogens with one attached hydrogen (secondary N) is 3. The van der Waals surface area contributed by atoms with Gasteiger partial charge in [0.1, 0.15) is 0 Å². The second kappa shape index (κ2) is 9.82. The van der Waals surface area contributed by atoms with E-state index in [4.69, 9.17) is 0 Å². The minimum absolute atomic E-state index is 0.0933. The number of urea groups is 1. The van der Waals surface area contributed by atoms with E-state index in [1.165, 1.54) is 0 Å². The molecule has 1 aromatic carbocycles. The van der Waals surface area contributed by atoms with Crippen LogP contribution in [0.1, 0.15) is 50.4 Å². The Hall–Kier alpha value is -2.04. The molecule has 22 heavy (non-hydrogen) atoms. The summed E-state index contributed by atoms with van der Waals surface area (Å²) in [6.07, 6.45) is 3.23. The number of carbonyl (C=O) groups excluding carboxylic acids is 2. The van der Waals surface area contributed by atoms with Crippen LogP contribution < -0.4 is 16.0 Å². The van der Waals surface area contributed by atoms with Crippen LogP contribution in [-0.2, 0) is 0 Å². The third-order valence-corrected chi connectivity index (χ3v) is 3.14. The van der Waals surface area contributed by atoms with Crippen molar-refractivity contribution < 1.29 is 9.59 Å². The molecule has 0 bridgehead atoms. The maximum Gasteiger partial charge on any atom is 0.319 e. The number of anilines is 1. The van der Waals surface area contributed by atoms with Gasteiger partial charge in [-0.15, -0.1) is 0 Å². The molecule has 0 aliphatic rings. The van der Waals surface area contributed by atoms with Gasteiger partial charge in [-0.3, -0.25) is 4.79 Å². The lowest BCUT2D eigenvalue weighted by atomic mass is 10.1. The SMILES string of the molecule is CCCCCNC(=O)Nc1ccc(C(=O)NCC(C)C)cc1. The number of amides is 3. The van der Waals surface area contributed by atoms with Crippen molar-refractivity contribution in [1.82, 2.24) is 10.6 Å². The van der Waals surface area contributed by atoms with Crippen molar-refractivity contribution in [3.63, 3.8) is 0 Å². The summed E-state index contributed by atoms with van der Waals surface area (Å²) in [7, 11) is 0. The van der Waals surface area contributed by atoms with E-state index in [0.29, 0.717) is 30.3 Å². The number of rotatable bonds is 8. The summed E-state index contributed by atoms with van der Waals surface area (Å²) in [6.45, 7) is 7.55. The van der Waals surface area contributed by atoms with E-state index in [1.807, 2.05) is 13.8 Å². The average Bonchev–Trinajstić information content (AvgIpc) is 2.50. The van der Waals surface area contributed by atoms with Crippen molar-refractivity contribution in [3.8, 4) is 0 Å². The van der Waals surface area contributed by atoms with E-state index in [1.54, 1.807) is 24.3 Å². The van der Waals surface area contributed by atoms with Crippen molar-refractivity contribution in [1.29, 1.82) is 0 Å². The van der Waals surface area contributed by atoms with Crippen LogP contribution in [0.25, 0.3) is 0 Å². The predicted molar refractivity (Wildman–Crippen MR) is 90.2 cm³/mol. The molecule has 5 heteroatoms. The van der Waals surface area contributed by atoms with Gasteiger partial charge in [0.25, 0.3) is 5.91 Å². The second-order valence-corrected chi connectivity index (χ2v) is 5.77. The van der Waals surface area contributed by atoms with Gasteiger partial charge in [-0.25, -0.2) is 4.79 Å². The zero-order chi connectivity index (χ0) is 16.4. The first kappa shape index (κ1) is 18.0. The van der Waals surface area contributed by atoms with Crippen LogP contribution in [0.4, 0.5) is 10.5 Å². The molecule has 0 saturated carbocycles. The van der Waals surface area contributed by atoms with E-state index < -0.39 is 0 Å². The van der Waals surface area contributed by atoms with E-state index in [-0.39, 0.29) is 11.9 Å². The lowest BCUT2D eigenvalue weighted by Gasteiger charge is -2.09. The summed E-state index contributed by atoms with van der Waals surface area (Å²) in [5.74, 6) is 0.325. The number of hydrogen-bond donors (Lipinski definition) is 3. The first-order valence-corrected chi connectivity index (χ1v) is 7.96. The van der Waals surface area contributed by atoms with E-state index >= 15 is 0 Å². The number of hydrogen-bond acceptors (Lipinski definition) is 2. The van der Waals surface area contributed by atoms with Crippen molar-refractivity contribution in [2.24, 2.45) is 5.92 Å². The lowest BCUT2D eigenvalue weighted by molar-refractivity contribution is 0.0949. The van der Waals surface area contributed by atoms with Crippen LogP contribution in [0.5, 0.6) is 0 Å². The van der Waals surface area contributed by atoms with Gasteiger partial charge in [0.15, 0.2) is 0 Å². The highest BCUT2D eigenvalue weighted by atomic mass is 16.2. The number of carbonyl (C=O) groups is 2. The Labute approximate surface area is 132 Å². The maximum atomic E-state index is 11.9. The largest absolute Gasteiger partial charge is 0.352 e. The highest BCUT2D eigenvalue weighted by molar-refractivity contribution is 5.95. The minimum atomic E-state index is -0.215. The first-order chi connectivity index (χ1) is 10.5. The van der Waals surface area contributed by atoms with E-state index in [2.05, 4.69) is 22.9 Å². The van der Waals surface area contributed by atoms with E-state index in [9.17, 15) is 9.59 Å². The van der Waals surface area contributed by atoms with Gasteiger partial charge >= 0.3 is 6.03 Å². The Bertz CT molecular complexity index is 469. The summed E-state index contributed by atoms with van der Waals surface area (Å²) in [5.41, 5.74) is 1.27. The Morgan fingerprint density at radius 1 is 1.05 bits per heavy atom. The highest BCUT2D eigenvalue weighted by Crippen LogP contribution is 2.09. The Morgan fingerprint density at radius 2 is 1.73 bits per heavy atom. The summed E-state index contributed by atoms with van der Waals surface area (Å²) < 4.78 is 0. The Morgan fingerprint density at radius 3 is 2.32 bits per heavy atom. The summed E-state index contributed by atoms with van der Waals surface area (Å²) >= 11 is 0. The molecule has 0 atom stereocenters. The van der Waals surface area contributed by atoms with Gasteiger partial charge in [0, 0.05) is 24.3 Å². The molecule has 0 unspecified atom stereocenters. The third-order valence-electron chi connectivity index (χ3n) is 3.14. The molecule has 0 aliphatic carbocycles. The van der Waals surface area contributed by atoms with Gasteiger partial charge < -0.3 is 16.0 Å². The molecule has 1 rings (SSSR count). The molecule has 122 valence electrons. The van der Waals surface area contributed by atoms with Crippen LogP contribution in [0.15, 0.2) is 24.3 Å². The van der Waals surface area contributed by atoms with Gasteiger partial charge in [-0.2, -0.15) is 0 Å². The summed E-state index contributed by atoms with van der Waals surface area (Å²) in [5, 5.41) is 8.42. The molecular weight excluding hydrogens is 278 g/mol. The Kier molecular flexibility index (Phi) is 8.04. The number of benzene rings is 1. The molecule has 0 radical (unpaired) electrons. The average molecular weight is 305 g/mol. The topological polar surface area (TPSA) is 70.2 Å². The molecule has 0 aromatic heterocycles. The molecule has 5 nitrogen and oxygen atoms in total. The van der Waals surface area contributed by atoms with Gasteiger partial charge in [-0.1, -0.05) is 33.6 Å². The molecule has 0 spiro atoms. The third kappa shape index (κ3) is 7.11. The quantitative estimate of drug-likeness (QED) is 0.644. The summed E-state index contributed by atoms with van der Waals surface area (Å²) in [4.78, 5) is 23.5. The van der Waals surface area contributed by atoms with Crippen molar-refractivity contribution >= 4 is 17.6 Å². The van der Waals surface area contributed by atoms with Gasteiger partial charge in [0.05, 0.1) is 0 Å². The molecule has 0 fully saturated rings. The monoisotopic (exact) mass is 305 g/mol. The standard InChI is InChI=1S/C17H27N3O2/c1-4-5-6-11-18-17(22)20-15-9-7-14(8-10-15)16(21)19-12-13(2)3/h7-10,13H,4-6,11-12H2,1-3H3,(H,19,21)(H2,18,20,22). The van der Waals surface area contributed by atoms with Crippen molar-refractivity contribution in [2.75, 3.05) is 18.4 Å². The fourth-order valence-corrected chi connectivity index (χ4v) is 1.86. The lowest BCUT2D eigenvalue weighted by Crippen LogP contribution is -2.29. The first-order valence-electron chi connectivity index (χ1n) is 7.96. The normalized spacial score (nSPS) is 10.4. The summed E-state index contributed by atoms with van der Waals surface area (Å²) in [6, 6.07) is 6.67. The zero-order valence-electron chi connectivity index (χ0n) is 13.7. The molecule has 0 heterocycles. The maximum absolute atomic E-state index is 11.9. The van der Waals surface area contributed by atoms with Crippen LogP contribution in [0.3, 0.4) is 0 Å². The fraction of sp³-hybridized carbons (Fsp3) is 0.529. The molecule has 3 N–H and O–H groups in total. The molecular formula is C17H27N3O2. The van der Waals surface area contributed by atoms with Crippen LogP contribution in [0.2, 0.25) is 0 Å². The van der Waals surface area contributed by atoms with Gasteiger partial charge in [-0.05, 0) is 36.6 Å². The molecule has 1 aromatic rings. The minimum Gasteiger partial charge on any atom is -0.352 e. The predicted octanol–water partition coefficient (Wildman–Crippen LogP) is 3.38. The second-order valence-electron chi connectivity index (χ2n) is 5.77. The van der Waals surface area contributed by atoms with Crippen LogP contribution in [0, 0.1) is 5.92 Å². The Balaban J connectivity index is 2.41. The van der Waals surface area contributed by atoms with Crippen LogP contribution in [-0.4, -0.2) is 25.0 Å². The zero-order valence-corrected chi connectivity index (χ0v) is 13.7. The van der Waals surface area contributed by atoms with Crippen molar-refractivity contribution in [2.45, 2.75) is 40.0 Å². The van der Waals surface area contributed by atoms with Gasteiger partial charge in [0.2, 0.25) is 0 Å². The molecule has 0 saturated heterocycles. The molecule has 0 aliphatic heterocycles. The van der Waals surface area contributed by atoms with E-state index in [0.717, 1.165) is 19.3 Å². The molecule has 3 amide bonds. The highest BCUT2D eigenvalue weighted by Gasteiger charge is 2.06. The smallest absolute Gasteiger partial charge is 0.319 e. The fourth-order valence-electron chi connectivity index (χ4n) is 1.86. The van der Waals surface area contributed by atoms with Crippen LogP contribution >= 0.6 is 0 Å².